The molecule has 0 saturated carbocycles. The van der Waals surface area contributed by atoms with Crippen LogP contribution in [0.5, 0.6) is 0 Å². The largest absolute Gasteiger partial charge is 0.477 e. The molecule has 1 fully saturated rings. The third-order valence-corrected chi connectivity index (χ3v) is 2.33. The number of carboxylic acids is 1. The second kappa shape index (κ2) is 3.21. The Morgan fingerprint density at radius 3 is 2.79 bits per heavy atom. The Bertz CT molecular complexity index is 283. The Labute approximate surface area is 80.1 Å². The summed E-state index contributed by atoms with van der Waals surface area (Å²) in [5.74, 6) is -1.07. The number of nitrogens with zero attached hydrogens (tertiary/aromatic N) is 1. The topological polar surface area (TPSA) is 88.4 Å². The van der Waals surface area contributed by atoms with Crippen molar-refractivity contribution in [2.75, 3.05) is 13.2 Å². The molecule has 0 aromatic carbocycles. The number of oxime groups is 1. The van der Waals surface area contributed by atoms with Gasteiger partial charge in [0.05, 0.1) is 13.2 Å². The van der Waals surface area contributed by atoms with E-state index in [0.29, 0.717) is 6.42 Å². The highest BCUT2D eigenvalue weighted by Crippen LogP contribution is 2.27. The van der Waals surface area contributed by atoms with Gasteiger partial charge in [-0.15, -0.1) is 0 Å². The summed E-state index contributed by atoms with van der Waals surface area (Å²) in [5.41, 5.74) is -0.840. The van der Waals surface area contributed by atoms with Crippen molar-refractivity contribution in [3.8, 4) is 0 Å². The van der Waals surface area contributed by atoms with Gasteiger partial charge in [-0.05, 0) is 0 Å². The molecule has 2 rings (SSSR count). The van der Waals surface area contributed by atoms with E-state index in [1.165, 1.54) is 0 Å². The van der Waals surface area contributed by atoms with Crippen LogP contribution in [0, 0.1) is 0 Å². The lowest BCUT2D eigenvalue weighted by atomic mass is 9.92. The normalized spacial score (nSPS) is 28.9. The fraction of sp³-hybridized carbons (Fsp3) is 0.750. The summed E-state index contributed by atoms with van der Waals surface area (Å²) in [6, 6.07) is 0. The highest BCUT2D eigenvalue weighted by atomic mass is 16.6. The molecule has 0 aromatic heterocycles. The zero-order valence-corrected chi connectivity index (χ0v) is 7.47. The van der Waals surface area contributed by atoms with Gasteiger partial charge in [0, 0.05) is 12.8 Å². The molecule has 78 valence electrons. The smallest absolute Gasteiger partial charge is 0.353 e. The fourth-order valence-corrected chi connectivity index (χ4v) is 1.54. The standard InChI is InChI=1S/C8H11NO5/c10-7(11)6-1-5(14-9-6)2-8(12)3-13-4-8/h5,12H,1-4H2,(H,10,11). The van der Waals surface area contributed by atoms with Crippen molar-refractivity contribution < 1.29 is 24.6 Å². The minimum absolute atomic E-state index is 0.0128. The van der Waals surface area contributed by atoms with Crippen LogP contribution in [0.2, 0.25) is 0 Å². The lowest BCUT2D eigenvalue weighted by molar-refractivity contribution is -0.193. The van der Waals surface area contributed by atoms with E-state index in [1.54, 1.807) is 0 Å². The first kappa shape index (κ1) is 9.42. The lowest BCUT2D eigenvalue weighted by Crippen LogP contribution is -2.51. The van der Waals surface area contributed by atoms with E-state index in [9.17, 15) is 9.90 Å². The minimum Gasteiger partial charge on any atom is -0.477 e. The summed E-state index contributed by atoms with van der Waals surface area (Å²) in [6.07, 6.45) is 0.278. The molecular formula is C8H11NO5. The molecule has 14 heavy (non-hydrogen) atoms. The fourth-order valence-electron chi connectivity index (χ4n) is 1.54. The number of hydrogen-bond acceptors (Lipinski definition) is 5. The van der Waals surface area contributed by atoms with Crippen molar-refractivity contribution in [3.05, 3.63) is 0 Å². The average Bonchev–Trinajstić information content (AvgIpc) is 2.50. The quantitative estimate of drug-likeness (QED) is 0.634. The van der Waals surface area contributed by atoms with Gasteiger partial charge in [0.25, 0.3) is 0 Å². The zero-order chi connectivity index (χ0) is 10.2. The van der Waals surface area contributed by atoms with Gasteiger partial charge in [-0.25, -0.2) is 4.79 Å². The van der Waals surface area contributed by atoms with Gasteiger partial charge < -0.3 is 19.8 Å². The molecule has 0 amide bonds. The van der Waals surface area contributed by atoms with Crippen molar-refractivity contribution in [2.45, 2.75) is 24.5 Å². The highest BCUT2D eigenvalue weighted by Gasteiger charge is 2.41. The molecule has 0 aliphatic carbocycles. The number of aliphatic carboxylic acids is 1. The number of carboxylic acid groups (broad SMARTS) is 1. The van der Waals surface area contributed by atoms with E-state index in [2.05, 4.69) is 5.16 Å². The Hall–Kier alpha value is -1.14. The van der Waals surface area contributed by atoms with Crippen molar-refractivity contribution in [3.63, 3.8) is 0 Å². The second-order valence-corrected chi connectivity index (χ2v) is 3.70. The number of hydrogen-bond donors (Lipinski definition) is 2. The van der Waals surface area contributed by atoms with Crippen LogP contribution in [0.25, 0.3) is 0 Å². The first-order valence-electron chi connectivity index (χ1n) is 4.35. The van der Waals surface area contributed by atoms with Gasteiger partial charge in [0.15, 0.2) is 5.71 Å². The van der Waals surface area contributed by atoms with E-state index in [4.69, 9.17) is 14.7 Å². The summed E-state index contributed by atoms with van der Waals surface area (Å²) in [4.78, 5) is 15.4. The molecule has 1 unspecified atom stereocenters. The van der Waals surface area contributed by atoms with Crippen molar-refractivity contribution in [2.24, 2.45) is 5.16 Å². The van der Waals surface area contributed by atoms with E-state index in [0.717, 1.165) is 0 Å². The van der Waals surface area contributed by atoms with E-state index in [-0.39, 0.29) is 31.5 Å². The maximum atomic E-state index is 10.5. The maximum absolute atomic E-state index is 10.5. The number of rotatable bonds is 3. The van der Waals surface area contributed by atoms with E-state index >= 15 is 0 Å². The third-order valence-electron chi connectivity index (χ3n) is 2.33. The summed E-state index contributed by atoms with van der Waals surface area (Å²) in [5, 5.41) is 21.7. The van der Waals surface area contributed by atoms with Gasteiger partial charge >= 0.3 is 5.97 Å². The van der Waals surface area contributed by atoms with Crippen LogP contribution in [-0.4, -0.2) is 46.8 Å². The molecule has 0 aromatic rings. The molecule has 0 radical (unpaired) electrons. The van der Waals surface area contributed by atoms with Gasteiger partial charge in [0.2, 0.25) is 0 Å². The zero-order valence-electron chi connectivity index (χ0n) is 7.47. The third kappa shape index (κ3) is 1.71. The van der Waals surface area contributed by atoms with Crippen molar-refractivity contribution in [1.82, 2.24) is 0 Å². The van der Waals surface area contributed by atoms with Gasteiger partial charge in [0.1, 0.15) is 11.7 Å². The lowest BCUT2D eigenvalue weighted by Gasteiger charge is -2.37. The molecule has 6 heteroatoms. The number of ether oxygens (including phenoxy) is 1. The SMILES string of the molecule is O=C(O)C1=NOC(CC2(O)COC2)C1. The van der Waals surface area contributed by atoms with Crippen LogP contribution >= 0.6 is 0 Å². The molecule has 6 nitrogen and oxygen atoms in total. The molecule has 0 bridgehead atoms. The first-order valence-corrected chi connectivity index (χ1v) is 4.35. The molecule has 0 spiro atoms. The average molecular weight is 201 g/mol. The molecule has 2 N–H and O–H groups in total. The summed E-state index contributed by atoms with van der Waals surface area (Å²) in [6.45, 7) is 0.574. The summed E-state index contributed by atoms with van der Waals surface area (Å²) in [7, 11) is 0. The van der Waals surface area contributed by atoms with Crippen LogP contribution in [0.4, 0.5) is 0 Å². The first-order chi connectivity index (χ1) is 6.59. The van der Waals surface area contributed by atoms with Gasteiger partial charge in [-0.1, -0.05) is 5.16 Å². The Morgan fingerprint density at radius 1 is 1.64 bits per heavy atom. The van der Waals surface area contributed by atoms with Crippen LogP contribution in [0.1, 0.15) is 12.8 Å². The Kier molecular flexibility index (Phi) is 2.16. The molecule has 2 aliphatic heterocycles. The second-order valence-electron chi connectivity index (χ2n) is 3.70. The van der Waals surface area contributed by atoms with Crippen LogP contribution < -0.4 is 0 Å². The molecule has 1 saturated heterocycles. The molecule has 1 atom stereocenters. The monoisotopic (exact) mass is 201 g/mol. The Morgan fingerprint density at radius 2 is 2.36 bits per heavy atom. The van der Waals surface area contributed by atoms with Crippen molar-refractivity contribution >= 4 is 11.7 Å². The summed E-state index contributed by atoms with van der Waals surface area (Å²) < 4.78 is 4.86. The predicted molar refractivity (Wildman–Crippen MR) is 44.9 cm³/mol. The minimum atomic E-state index is -1.07. The van der Waals surface area contributed by atoms with E-state index < -0.39 is 11.6 Å². The highest BCUT2D eigenvalue weighted by molar-refractivity contribution is 6.35. The van der Waals surface area contributed by atoms with Crippen LogP contribution in [0.15, 0.2) is 5.16 Å². The van der Waals surface area contributed by atoms with Crippen LogP contribution in [0.3, 0.4) is 0 Å². The predicted octanol–water partition coefficient (Wildman–Crippen LogP) is -0.633. The van der Waals surface area contributed by atoms with Gasteiger partial charge in [-0.3, -0.25) is 0 Å². The Balaban J connectivity index is 1.84. The molecular weight excluding hydrogens is 190 g/mol. The number of carbonyl (C=O) groups is 1. The molecule has 2 heterocycles. The van der Waals surface area contributed by atoms with Crippen LogP contribution in [-0.2, 0) is 14.4 Å². The summed E-state index contributed by atoms with van der Waals surface area (Å²) >= 11 is 0. The maximum Gasteiger partial charge on any atom is 0.353 e. The van der Waals surface area contributed by atoms with E-state index in [1.807, 2.05) is 0 Å². The molecule has 2 aliphatic rings. The number of aliphatic hydroxyl groups is 1. The van der Waals surface area contributed by atoms with Crippen molar-refractivity contribution in [1.29, 1.82) is 0 Å². The van der Waals surface area contributed by atoms with Gasteiger partial charge in [-0.2, -0.15) is 0 Å².